The van der Waals surface area contributed by atoms with Crippen molar-refractivity contribution in [2.75, 3.05) is 18.0 Å². The van der Waals surface area contributed by atoms with E-state index in [0.29, 0.717) is 12.0 Å². The van der Waals surface area contributed by atoms with Crippen LogP contribution in [-0.4, -0.2) is 19.1 Å². The Bertz CT molecular complexity index is 447. The molecule has 0 aliphatic heterocycles. The van der Waals surface area contributed by atoms with Gasteiger partial charge >= 0.3 is 0 Å². The van der Waals surface area contributed by atoms with Gasteiger partial charge in [0.2, 0.25) is 0 Å². The van der Waals surface area contributed by atoms with Crippen LogP contribution in [0.25, 0.3) is 0 Å². The molecule has 2 rings (SSSR count). The highest BCUT2D eigenvalue weighted by Crippen LogP contribution is 2.32. The van der Waals surface area contributed by atoms with Gasteiger partial charge in [0.1, 0.15) is 0 Å². The second-order valence-corrected chi connectivity index (χ2v) is 7.33. The van der Waals surface area contributed by atoms with Gasteiger partial charge in [-0.05, 0) is 75.3 Å². The Morgan fingerprint density at radius 1 is 1.19 bits per heavy atom. The third-order valence-electron chi connectivity index (χ3n) is 4.30. The van der Waals surface area contributed by atoms with E-state index in [1.165, 1.54) is 36.2 Å². The summed E-state index contributed by atoms with van der Waals surface area (Å²) in [7, 11) is 0. The molecule has 118 valence electrons. The summed E-state index contributed by atoms with van der Waals surface area (Å²) in [5, 5.41) is 3.54. The van der Waals surface area contributed by atoms with Gasteiger partial charge in [0.25, 0.3) is 0 Å². The van der Waals surface area contributed by atoms with Gasteiger partial charge in [-0.1, -0.05) is 19.9 Å². The van der Waals surface area contributed by atoms with Crippen molar-refractivity contribution in [1.82, 2.24) is 5.32 Å². The molecule has 1 aliphatic carbocycles. The van der Waals surface area contributed by atoms with Crippen LogP contribution in [0.15, 0.2) is 18.2 Å². The lowest BCUT2D eigenvalue weighted by Crippen LogP contribution is -2.32. The molecule has 0 saturated heterocycles. The minimum atomic E-state index is 0.579. The quantitative estimate of drug-likeness (QED) is 0.764. The van der Waals surface area contributed by atoms with E-state index in [0.717, 1.165) is 19.0 Å². The molecule has 0 amide bonds. The molecule has 0 spiro atoms. The zero-order valence-electron chi connectivity index (χ0n) is 14.4. The van der Waals surface area contributed by atoms with Gasteiger partial charge in [0, 0.05) is 24.8 Å². The molecule has 1 aliphatic rings. The van der Waals surface area contributed by atoms with Gasteiger partial charge < -0.3 is 10.2 Å². The van der Waals surface area contributed by atoms with Gasteiger partial charge in [0.05, 0.1) is 0 Å². The van der Waals surface area contributed by atoms with E-state index in [-0.39, 0.29) is 0 Å². The minimum Gasteiger partial charge on any atom is -0.369 e. The average molecular weight is 288 g/mol. The molecular weight excluding hydrogens is 256 g/mol. The lowest BCUT2D eigenvalue weighted by Gasteiger charge is -2.30. The van der Waals surface area contributed by atoms with Crippen LogP contribution >= 0.6 is 0 Å². The Hall–Kier alpha value is -1.02. The molecule has 0 bridgehead atoms. The Morgan fingerprint density at radius 2 is 1.90 bits per heavy atom. The summed E-state index contributed by atoms with van der Waals surface area (Å²) < 4.78 is 0. The maximum absolute atomic E-state index is 3.54. The maximum atomic E-state index is 3.54. The van der Waals surface area contributed by atoms with E-state index in [1.807, 2.05) is 0 Å². The first-order chi connectivity index (χ1) is 9.97. The van der Waals surface area contributed by atoms with Crippen LogP contribution < -0.4 is 10.2 Å². The monoisotopic (exact) mass is 288 g/mol. The number of hydrogen-bond donors (Lipinski definition) is 1. The van der Waals surface area contributed by atoms with Gasteiger partial charge in [-0.15, -0.1) is 0 Å². The Morgan fingerprint density at radius 3 is 2.43 bits per heavy atom. The van der Waals surface area contributed by atoms with E-state index < -0.39 is 0 Å². The number of anilines is 1. The van der Waals surface area contributed by atoms with E-state index in [2.05, 4.69) is 63.0 Å². The van der Waals surface area contributed by atoms with Crippen LogP contribution in [0.3, 0.4) is 0 Å². The number of nitrogens with one attached hydrogen (secondary N) is 1. The summed E-state index contributed by atoms with van der Waals surface area (Å²) in [5.41, 5.74) is 4.22. The number of nitrogens with zero attached hydrogens (tertiary/aromatic N) is 1. The fourth-order valence-electron chi connectivity index (χ4n) is 2.75. The van der Waals surface area contributed by atoms with Crippen molar-refractivity contribution in [2.45, 2.75) is 60.0 Å². The number of benzene rings is 1. The molecule has 0 atom stereocenters. The molecule has 0 heterocycles. The van der Waals surface area contributed by atoms with E-state index in [9.17, 15) is 0 Å². The molecule has 1 fully saturated rings. The standard InChI is InChI=1S/C19H32N2/c1-14(2)11-20-12-18-8-9-19(10-16(18)5)21(15(3)4)13-17-6-7-17/h8-10,14-15,17,20H,6-7,11-13H2,1-5H3. The Labute approximate surface area is 130 Å². The molecule has 0 aromatic heterocycles. The highest BCUT2D eigenvalue weighted by atomic mass is 15.2. The molecule has 21 heavy (non-hydrogen) atoms. The molecule has 1 aromatic rings. The van der Waals surface area contributed by atoms with Crippen LogP contribution in [0, 0.1) is 18.8 Å². The van der Waals surface area contributed by atoms with Gasteiger partial charge in [-0.2, -0.15) is 0 Å². The van der Waals surface area contributed by atoms with Crippen LogP contribution in [-0.2, 0) is 6.54 Å². The number of rotatable bonds is 8. The van der Waals surface area contributed by atoms with Crippen LogP contribution in [0.5, 0.6) is 0 Å². The highest BCUT2D eigenvalue weighted by Gasteiger charge is 2.25. The molecule has 1 N–H and O–H groups in total. The van der Waals surface area contributed by atoms with Crippen LogP contribution in [0.4, 0.5) is 5.69 Å². The van der Waals surface area contributed by atoms with Gasteiger partial charge in [0.15, 0.2) is 0 Å². The summed E-state index contributed by atoms with van der Waals surface area (Å²) in [5.74, 6) is 1.64. The average Bonchev–Trinajstić information content (AvgIpc) is 3.21. The number of aryl methyl sites for hydroxylation is 1. The Kier molecular flexibility index (Phi) is 5.69. The zero-order chi connectivity index (χ0) is 15.4. The van der Waals surface area contributed by atoms with Gasteiger partial charge in [-0.3, -0.25) is 0 Å². The topological polar surface area (TPSA) is 15.3 Å². The first kappa shape index (κ1) is 16.4. The van der Waals surface area contributed by atoms with Crippen molar-refractivity contribution in [3.05, 3.63) is 29.3 Å². The first-order valence-corrected chi connectivity index (χ1v) is 8.54. The molecule has 2 nitrogen and oxygen atoms in total. The zero-order valence-corrected chi connectivity index (χ0v) is 14.4. The lowest BCUT2D eigenvalue weighted by molar-refractivity contribution is 0.551. The molecule has 2 heteroatoms. The van der Waals surface area contributed by atoms with Crippen molar-refractivity contribution < 1.29 is 0 Å². The first-order valence-electron chi connectivity index (χ1n) is 8.54. The molecule has 0 radical (unpaired) electrons. The summed E-state index contributed by atoms with van der Waals surface area (Å²) in [6.45, 7) is 14.6. The van der Waals surface area contributed by atoms with Crippen molar-refractivity contribution >= 4 is 5.69 Å². The predicted molar refractivity (Wildman–Crippen MR) is 92.9 cm³/mol. The second-order valence-electron chi connectivity index (χ2n) is 7.33. The smallest absolute Gasteiger partial charge is 0.0371 e. The SMILES string of the molecule is Cc1cc(N(CC2CC2)C(C)C)ccc1CNCC(C)C. The van der Waals surface area contributed by atoms with E-state index >= 15 is 0 Å². The molecule has 1 saturated carbocycles. The Balaban J connectivity index is 2.02. The highest BCUT2D eigenvalue weighted by molar-refractivity contribution is 5.51. The molecule has 0 unspecified atom stereocenters. The van der Waals surface area contributed by atoms with E-state index in [1.54, 1.807) is 0 Å². The van der Waals surface area contributed by atoms with Crippen molar-refractivity contribution in [2.24, 2.45) is 11.8 Å². The van der Waals surface area contributed by atoms with E-state index in [4.69, 9.17) is 0 Å². The van der Waals surface area contributed by atoms with Crippen molar-refractivity contribution in [3.63, 3.8) is 0 Å². The molecular formula is C19H32N2. The summed E-state index contributed by atoms with van der Waals surface area (Å²) in [6.07, 6.45) is 2.83. The molecule has 1 aromatic carbocycles. The van der Waals surface area contributed by atoms with Gasteiger partial charge in [-0.25, -0.2) is 0 Å². The third-order valence-corrected chi connectivity index (χ3v) is 4.30. The second kappa shape index (κ2) is 7.31. The summed E-state index contributed by atoms with van der Waals surface area (Å²) in [6, 6.07) is 7.56. The van der Waals surface area contributed by atoms with Crippen molar-refractivity contribution in [1.29, 1.82) is 0 Å². The maximum Gasteiger partial charge on any atom is 0.0371 e. The summed E-state index contributed by atoms with van der Waals surface area (Å²) >= 11 is 0. The number of hydrogen-bond acceptors (Lipinski definition) is 2. The fraction of sp³-hybridized carbons (Fsp3) is 0.684. The van der Waals surface area contributed by atoms with Crippen LogP contribution in [0.1, 0.15) is 51.7 Å². The lowest BCUT2D eigenvalue weighted by atomic mass is 10.1. The summed E-state index contributed by atoms with van der Waals surface area (Å²) in [4.78, 5) is 2.57. The third kappa shape index (κ3) is 5.03. The van der Waals surface area contributed by atoms with Crippen molar-refractivity contribution in [3.8, 4) is 0 Å². The minimum absolute atomic E-state index is 0.579. The fourth-order valence-corrected chi connectivity index (χ4v) is 2.75. The van der Waals surface area contributed by atoms with Crippen LogP contribution in [0.2, 0.25) is 0 Å². The normalized spacial score (nSPS) is 15.0. The predicted octanol–water partition coefficient (Wildman–Crippen LogP) is 4.37. The largest absolute Gasteiger partial charge is 0.369 e.